The first-order chi connectivity index (χ1) is 8.47. The highest BCUT2D eigenvalue weighted by atomic mass is 127. The molecule has 7 nitrogen and oxygen atoms in total. The monoisotopic (exact) mass is 592 g/mol. The van der Waals surface area contributed by atoms with Crippen LogP contribution in [0.2, 0.25) is 0 Å². The number of halogens is 3. The molecule has 1 aromatic carbocycles. The van der Waals surface area contributed by atoms with E-state index in [1.807, 2.05) is 0 Å². The molecule has 0 aromatic heterocycles. The number of carboxylic acids is 2. The highest BCUT2D eigenvalue weighted by Crippen LogP contribution is 2.33. The van der Waals surface area contributed by atoms with Crippen molar-refractivity contribution >= 4 is 75.5 Å². The molecule has 18 heavy (non-hydrogen) atoms. The molecule has 98 valence electrons. The smallest absolute Gasteiger partial charge is 0.337 e. The summed E-state index contributed by atoms with van der Waals surface area (Å²) in [6.45, 7) is 0. The summed E-state index contributed by atoms with van der Waals surface area (Å²) in [7, 11) is 0. The van der Waals surface area contributed by atoms with E-state index in [1.54, 1.807) is 0 Å². The zero-order valence-electron chi connectivity index (χ0n) is 8.15. The molecule has 0 aliphatic heterocycles. The van der Waals surface area contributed by atoms with E-state index < -0.39 is 86.6 Å². The van der Waals surface area contributed by atoms with E-state index in [-0.39, 0.29) is 10.7 Å². The second-order valence-electron chi connectivity index (χ2n) is 2.75. The van der Waals surface area contributed by atoms with E-state index in [1.165, 1.54) is 0 Å². The van der Waals surface area contributed by atoms with Crippen LogP contribution in [-0.2, 0) is 9.21 Å². The minimum absolute atomic E-state index is 0.00167. The van der Waals surface area contributed by atoms with Crippen molar-refractivity contribution < 1.29 is 29.0 Å². The lowest BCUT2D eigenvalue weighted by Crippen LogP contribution is -2.13. The Kier molecular flexibility index (Phi) is 5.96. The van der Waals surface area contributed by atoms with Crippen LogP contribution in [0.4, 0.5) is 0 Å². The summed E-state index contributed by atoms with van der Waals surface area (Å²) in [6.07, 6.45) is 0. The van der Waals surface area contributed by atoms with Gasteiger partial charge in [-0.1, -0.05) is 0 Å². The summed E-state index contributed by atoms with van der Waals surface area (Å²) >= 11 is -5.72. The highest BCUT2D eigenvalue weighted by molar-refractivity contribution is 14.2. The first kappa shape index (κ1) is 15.8. The summed E-state index contributed by atoms with van der Waals surface area (Å²) < 4.78 is 33.0. The molecule has 0 bridgehead atoms. The maximum Gasteiger partial charge on any atom is 0.337 e. The first-order valence-electron chi connectivity index (χ1n) is 3.96. The highest BCUT2D eigenvalue weighted by Gasteiger charge is 2.26. The summed E-state index contributed by atoms with van der Waals surface area (Å²) in [5.41, 5.74) is -1.18. The van der Waals surface area contributed by atoms with Crippen LogP contribution in [0.25, 0.3) is 0 Å². The Morgan fingerprint density at radius 2 is 1.44 bits per heavy atom. The van der Waals surface area contributed by atoms with Crippen LogP contribution in [0.3, 0.4) is 0 Å². The van der Waals surface area contributed by atoms with Gasteiger partial charge in [-0.15, -0.1) is 0 Å². The van der Waals surface area contributed by atoms with Gasteiger partial charge >= 0.3 is 11.9 Å². The molecule has 0 atom stereocenters. The molecule has 0 saturated heterocycles. The SMILES string of the molecule is O=Ic1cc(C(=O)O)c(C(=O)O)c(I=O)c1I=O. The van der Waals surface area contributed by atoms with Gasteiger partial charge in [0, 0.05) is 0 Å². The van der Waals surface area contributed by atoms with E-state index in [2.05, 4.69) is 0 Å². The Labute approximate surface area is 131 Å². The molecule has 10 heteroatoms. The van der Waals surface area contributed by atoms with Gasteiger partial charge < -0.3 is 10.2 Å². The summed E-state index contributed by atoms with van der Waals surface area (Å²) in [6, 6.07) is 0.946. The summed E-state index contributed by atoms with van der Waals surface area (Å²) in [5, 5.41) is 17.9. The normalized spacial score (nSPS) is 10.2. The fourth-order valence-corrected chi connectivity index (χ4v) is 6.88. The van der Waals surface area contributed by atoms with Crippen molar-refractivity contribution in [3.8, 4) is 0 Å². The molecule has 1 aromatic rings. The fourth-order valence-electron chi connectivity index (χ4n) is 1.17. The van der Waals surface area contributed by atoms with Gasteiger partial charge in [-0.25, -0.2) is 9.59 Å². The van der Waals surface area contributed by atoms with Gasteiger partial charge in [0.1, 0.15) is 0 Å². The average Bonchev–Trinajstić information content (AvgIpc) is 2.35. The van der Waals surface area contributed by atoms with Gasteiger partial charge in [0.2, 0.25) is 0 Å². The van der Waals surface area contributed by atoms with E-state index in [9.17, 15) is 18.8 Å². The standard InChI is InChI=1S/C8H3I3O7/c12-7(13)2-1-3(9-16)5(10-17)6(11-18)4(2)8(14)15/h1H,(H,12,13)(H,14,15). The predicted octanol–water partition coefficient (Wildman–Crippen LogP) is 2.54. The summed E-state index contributed by atoms with van der Waals surface area (Å²) in [4.78, 5) is 22.0. The Morgan fingerprint density at radius 1 is 0.889 bits per heavy atom. The maximum absolute atomic E-state index is 11.1. The third-order valence-electron chi connectivity index (χ3n) is 1.84. The van der Waals surface area contributed by atoms with Crippen molar-refractivity contribution in [3.05, 3.63) is 27.9 Å². The fraction of sp³-hybridized carbons (Fsp3) is 0. The van der Waals surface area contributed by atoms with Crippen LogP contribution in [0, 0.1) is 10.7 Å². The van der Waals surface area contributed by atoms with Crippen LogP contribution in [0.5, 0.6) is 0 Å². The molecule has 0 aliphatic carbocycles. The number of rotatable bonds is 5. The molecule has 0 unspecified atom stereocenters. The van der Waals surface area contributed by atoms with Gasteiger partial charge in [-0.05, 0) is 6.07 Å². The van der Waals surface area contributed by atoms with Crippen molar-refractivity contribution in [3.63, 3.8) is 0 Å². The maximum atomic E-state index is 11.1. The third kappa shape index (κ3) is 3.01. The molecule has 0 aliphatic rings. The minimum Gasteiger partial charge on any atom is -0.478 e. The molecule has 2 N–H and O–H groups in total. The first-order valence-corrected chi connectivity index (χ1v) is 9.84. The lowest BCUT2D eigenvalue weighted by Gasteiger charge is -2.07. The lowest BCUT2D eigenvalue weighted by molar-refractivity contribution is 0.0650. The van der Waals surface area contributed by atoms with E-state index in [0.29, 0.717) is 0 Å². The number of hydrogen-bond donors (Lipinski definition) is 2. The van der Waals surface area contributed by atoms with Crippen molar-refractivity contribution in [2.24, 2.45) is 0 Å². The predicted molar refractivity (Wildman–Crippen MR) is 80.6 cm³/mol. The third-order valence-corrected chi connectivity index (χ3v) is 8.31. The molecule has 0 heterocycles. The number of aromatic carboxylic acids is 2. The molecule has 0 saturated carbocycles. The second kappa shape index (κ2) is 6.78. The van der Waals surface area contributed by atoms with E-state index >= 15 is 0 Å². The van der Waals surface area contributed by atoms with E-state index in [4.69, 9.17) is 10.2 Å². The average molecular weight is 592 g/mol. The quantitative estimate of drug-likeness (QED) is 0.398. The van der Waals surface area contributed by atoms with Gasteiger partial charge in [-0.2, -0.15) is 0 Å². The largest absolute Gasteiger partial charge is 0.478 e. The number of hydrogen-bond acceptors (Lipinski definition) is 5. The molecule has 0 radical (unpaired) electrons. The second-order valence-corrected chi connectivity index (χ2v) is 7.39. The van der Waals surface area contributed by atoms with Crippen molar-refractivity contribution in [2.45, 2.75) is 0 Å². The molecular weight excluding hydrogens is 589 g/mol. The molecular formula is C8H3I3O7. The zero-order chi connectivity index (χ0) is 13.9. The molecule has 1 rings (SSSR count). The van der Waals surface area contributed by atoms with Gasteiger partial charge in [0.05, 0.1) is 21.8 Å². The number of benzene rings is 1. The van der Waals surface area contributed by atoms with Crippen LogP contribution < -0.4 is 0 Å². The van der Waals surface area contributed by atoms with Gasteiger partial charge in [0.15, 0.2) is 63.6 Å². The van der Waals surface area contributed by atoms with Crippen LogP contribution in [0.15, 0.2) is 6.07 Å². The Balaban J connectivity index is 3.92. The van der Waals surface area contributed by atoms with Crippen molar-refractivity contribution in [1.82, 2.24) is 0 Å². The van der Waals surface area contributed by atoms with Crippen molar-refractivity contribution in [2.75, 3.05) is 0 Å². The number of carbonyl (C=O) groups is 2. The molecule has 0 spiro atoms. The Hall–Kier alpha value is -0.250. The lowest BCUT2D eigenvalue weighted by atomic mass is 10.1. The molecule has 0 fully saturated rings. The zero-order valence-corrected chi connectivity index (χ0v) is 14.6. The minimum atomic E-state index is -2.03. The van der Waals surface area contributed by atoms with Crippen molar-refractivity contribution in [1.29, 1.82) is 0 Å². The van der Waals surface area contributed by atoms with Crippen LogP contribution in [-0.4, -0.2) is 22.2 Å². The number of carboxylic acid groups (broad SMARTS) is 2. The van der Waals surface area contributed by atoms with Crippen LogP contribution in [0.1, 0.15) is 20.7 Å². The Morgan fingerprint density at radius 3 is 1.78 bits per heavy atom. The van der Waals surface area contributed by atoms with E-state index in [0.717, 1.165) is 6.07 Å². The summed E-state index contributed by atoms with van der Waals surface area (Å²) in [5.74, 6) is -3.06. The topological polar surface area (TPSA) is 126 Å². The van der Waals surface area contributed by atoms with Gasteiger partial charge in [-0.3, -0.25) is 9.21 Å². The molecule has 0 amide bonds. The van der Waals surface area contributed by atoms with Gasteiger partial charge in [0.25, 0.3) is 0 Å². The Bertz CT molecular complexity index is 581. The van der Waals surface area contributed by atoms with Crippen LogP contribution >= 0.6 is 63.6 Å².